The van der Waals surface area contributed by atoms with E-state index in [9.17, 15) is 4.79 Å². The van der Waals surface area contributed by atoms with E-state index in [2.05, 4.69) is 17.1 Å². The van der Waals surface area contributed by atoms with Gasteiger partial charge >= 0.3 is 0 Å². The summed E-state index contributed by atoms with van der Waals surface area (Å²) in [5.74, 6) is -0.521. The molecule has 0 fully saturated rings. The monoisotopic (exact) mass is 135 g/mol. The number of thiol groups is 1. The molecule has 0 unspecified atom stereocenters. The topological polar surface area (TPSA) is 52.3 Å². The van der Waals surface area contributed by atoms with Gasteiger partial charge in [0.1, 0.15) is 0 Å². The van der Waals surface area contributed by atoms with Gasteiger partial charge in [-0.15, -0.1) is 0 Å². The van der Waals surface area contributed by atoms with Gasteiger partial charge in [-0.2, -0.15) is 0 Å². The molecule has 0 aromatic heterocycles. The van der Waals surface area contributed by atoms with E-state index in [0.717, 1.165) is 0 Å². The molecule has 2 N–H and O–H groups in total. The van der Waals surface area contributed by atoms with Crippen LogP contribution >= 0.6 is 12.9 Å². The molecule has 0 saturated carbocycles. The van der Waals surface area contributed by atoms with Gasteiger partial charge in [-0.3, -0.25) is 4.79 Å². The van der Waals surface area contributed by atoms with Gasteiger partial charge in [0.2, 0.25) is 5.91 Å². The van der Waals surface area contributed by atoms with Crippen LogP contribution in [0, 0.1) is 0 Å². The fourth-order valence-electron chi connectivity index (χ4n) is 0.0450. The first kappa shape index (κ1) is 7.78. The van der Waals surface area contributed by atoms with Crippen LogP contribution in [0.5, 0.6) is 0 Å². The Labute approximate surface area is 53.8 Å². The highest BCUT2D eigenvalue weighted by Gasteiger charge is 2.24. The van der Waals surface area contributed by atoms with Crippen molar-refractivity contribution in [2.75, 3.05) is 0 Å². The highest BCUT2D eigenvalue weighted by molar-refractivity contribution is 7.75. The van der Waals surface area contributed by atoms with E-state index in [4.69, 9.17) is 5.73 Å². The fourth-order valence-corrected chi connectivity index (χ4v) is 0.135. The van der Waals surface area contributed by atoms with E-state index in [1.807, 2.05) is 0 Å². The minimum Gasteiger partial charge on any atom is -0.367 e. The molecule has 4 heteroatoms. The normalized spacial score (nSPS) is 11.4. The maximum absolute atomic E-state index is 10.3. The zero-order chi connectivity index (χ0) is 6.78. The maximum atomic E-state index is 10.3. The van der Waals surface area contributed by atoms with Crippen LogP contribution in [0.25, 0.3) is 0 Å². The third-order valence-corrected chi connectivity index (χ3v) is 1.28. The lowest BCUT2D eigenvalue weighted by atomic mass is 10.1. The van der Waals surface area contributed by atoms with Crippen LogP contribution < -0.4 is 5.73 Å². The molecule has 48 valence electrons. The number of rotatable bonds is 2. The van der Waals surface area contributed by atoms with Gasteiger partial charge in [-0.25, -0.2) is 0 Å². The van der Waals surface area contributed by atoms with Crippen molar-refractivity contribution < 1.29 is 8.98 Å². The van der Waals surface area contributed by atoms with Crippen LogP contribution in [-0.2, 0) is 8.98 Å². The van der Waals surface area contributed by atoms with E-state index < -0.39 is 11.5 Å². The molecule has 0 aliphatic carbocycles. The number of nitrogens with two attached hydrogens (primary N) is 1. The molecule has 0 saturated heterocycles. The fraction of sp³-hybridized carbons (Fsp3) is 0.750. The lowest BCUT2D eigenvalue weighted by molar-refractivity contribution is -0.129. The van der Waals surface area contributed by atoms with Crippen molar-refractivity contribution in [2.45, 2.75) is 19.4 Å². The highest BCUT2D eigenvalue weighted by atomic mass is 32.1. The van der Waals surface area contributed by atoms with Crippen molar-refractivity contribution in [1.29, 1.82) is 0 Å². The van der Waals surface area contributed by atoms with Gasteiger partial charge in [0.05, 0.1) is 0 Å². The van der Waals surface area contributed by atoms with Crippen molar-refractivity contribution in [3.05, 3.63) is 0 Å². The first-order valence-electron chi connectivity index (χ1n) is 2.13. The van der Waals surface area contributed by atoms with E-state index >= 15 is 0 Å². The Morgan fingerprint density at radius 3 is 2.12 bits per heavy atom. The Morgan fingerprint density at radius 2 is 2.12 bits per heavy atom. The third-order valence-electron chi connectivity index (χ3n) is 0.822. The zero-order valence-corrected chi connectivity index (χ0v) is 5.74. The lowest BCUT2D eigenvalue weighted by Gasteiger charge is -2.15. The van der Waals surface area contributed by atoms with Crippen molar-refractivity contribution in [1.82, 2.24) is 0 Å². The second kappa shape index (κ2) is 2.37. The molecular formula is C4H9NO2S. The van der Waals surface area contributed by atoms with Gasteiger partial charge in [0.15, 0.2) is 5.60 Å². The summed E-state index contributed by atoms with van der Waals surface area (Å²) in [4.78, 5) is 10.3. The number of primary amides is 1. The quantitative estimate of drug-likeness (QED) is 0.417. The average molecular weight is 135 g/mol. The lowest BCUT2D eigenvalue weighted by Crippen LogP contribution is -2.38. The number of hydrogen-bond donors (Lipinski definition) is 2. The van der Waals surface area contributed by atoms with Crippen LogP contribution in [-0.4, -0.2) is 11.5 Å². The molecule has 0 aliphatic rings. The summed E-state index contributed by atoms with van der Waals surface area (Å²) < 4.78 is 4.42. The van der Waals surface area contributed by atoms with Gasteiger partial charge in [-0.1, -0.05) is 0 Å². The number of carbonyl (C=O) groups is 1. The van der Waals surface area contributed by atoms with Crippen LogP contribution in [0.1, 0.15) is 13.8 Å². The van der Waals surface area contributed by atoms with Crippen LogP contribution in [0.3, 0.4) is 0 Å². The molecule has 0 spiro atoms. The van der Waals surface area contributed by atoms with Gasteiger partial charge in [0, 0.05) is 0 Å². The summed E-state index contributed by atoms with van der Waals surface area (Å²) in [6.45, 7) is 3.09. The van der Waals surface area contributed by atoms with E-state index in [1.54, 1.807) is 13.8 Å². The predicted molar refractivity (Wildman–Crippen MR) is 33.3 cm³/mol. The summed E-state index contributed by atoms with van der Waals surface area (Å²) in [6.07, 6.45) is 0. The van der Waals surface area contributed by atoms with E-state index in [0.29, 0.717) is 0 Å². The van der Waals surface area contributed by atoms with Crippen molar-refractivity contribution in [3.63, 3.8) is 0 Å². The molecule has 3 nitrogen and oxygen atoms in total. The van der Waals surface area contributed by atoms with Crippen LogP contribution in [0.2, 0.25) is 0 Å². The summed E-state index contributed by atoms with van der Waals surface area (Å²) in [7, 11) is 0. The Bertz CT molecular complexity index is 102. The molecule has 0 aromatic carbocycles. The summed E-state index contributed by atoms with van der Waals surface area (Å²) in [5.41, 5.74) is 3.91. The van der Waals surface area contributed by atoms with Gasteiger partial charge in [0.25, 0.3) is 0 Å². The molecule has 1 amide bonds. The number of carbonyl (C=O) groups excluding carboxylic acids is 1. The van der Waals surface area contributed by atoms with Crippen LogP contribution in [0.15, 0.2) is 0 Å². The second-order valence-corrected chi connectivity index (χ2v) is 2.15. The second-order valence-electron chi connectivity index (χ2n) is 1.97. The SMILES string of the molecule is CC(C)(OS)C(N)=O. The smallest absolute Gasteiger partial charge is 0.250 e. The molecule has 0 aromatic rings. The molecule has 0 rings (SSSR count). The Balaban J connectivity index is 3.91. The van der Waals surface area contributed by atoms with Gasteiger partial charge in [-0.05, 0) is 26.8 Å². The average Bonchev–Trinajstić information content (AvgIpc) is 1.67. The Hall–Kier alpha value is -0.220. The minimum atomic E-state index is -0.955. The highest BCUT2D eigenvalue weighted by Crippen LogP contribution is 2.08. The molecule has 0 aliphatic heterocycles. The molecule has 0 radical (unpaired) electrons. The molecule has 8 heavy (non-hydrogen) atoms. The van der Waals surface area contributed by atoms with Crippen LogP contribution in [0.4, 0.5) is 0 Å². The first-order chi connectivity index (χ1) is 3.50. The molecule has 0 heterocycles. The first-order valence-corrected chi connectivity index (χ1v) is 2.49. The van der Waals surface area contributed by atoms with E-state index in [1.165, 1.54) is 0 Å². The largest absolute Gasteiger partial charge is 0.367 e. The minimum absolute atomic E-state index is 0.521. The van der Waals surface area contributed by atoms with Crippen molar-refractivity contribution >= 4 is 18.8 Å². The Morgan fingerprint density at radius 1 is 1.75 bits per heavy atom. The summed E-state index contributed by atoms with van der Waals surface area (Å²) >= 11 is 3.44. The molecule has 0 bridgehead atoms. The summed E-state index contributed by atoms with van der Waals surface area (Å²) in [5, 5.41) is 0. The zero-order valence-electron chi connectivity index (χ0n) is 4.84. The third kappa shape index (κ3) is 1.71. The molecular weight excluding hydrogens is 126 g/mol. The van der Waals surface area contributed by atoms with Crippen molar-refractivity contribution in [2.24, 2.45) is 5.73 Å². The van der Waals surface area contributed by atoms with E-state index in [-0.39, 0.29) is 0 Å². The van der Waals surface area contributed by atoms with Gasteiger partial charge < -0.3 is 9.92 Å². The Kier molecular flexibility index (Phi) is 2.30. The maximum Gasteiger partial charge on any atom is 0.250 e. The number of amides is 1. The standard InChI is InChI=1S/C4H9NO2S/c1-4(2,7-8)3(5)6/h8H,1-2H3,(H2,5,6). The predicted octanol–water partition coefficient (Wildman–Crippen LogP) is 0.112. The summed E-state index contributed by atoms with van der Waals surface area (Å²) in [6, 6.07) is 0. The molecule has 0 atom stereocenters. The number of hydrogen-bond acceptors (Lipinski definition) is 3. The van der Waals surface area contributed by atoms with Crippen molar-refractivity contribution in [3.8, 4) is 0 Å².